The molecule has 1 atom stereocenters. The molecule has 2 aromatic rings. The third kappa shape index (κ3) is 4.14. The number of hydrogen-bond acceptors (Lipinski definition) is 2. The molecule has 0 heterocycles. The maximum absolute atomic E-state index is 3.45. The summed E-state index contributed by atoms with van der Waals surface area (Å²) >= 11 is 0. The SMILES string of the molecule is CCNCCCN(c1ccccc1)C1CCc2ccccc2C1. The number of fused-ring (bicyclic) bond motifs is 1. The van der Waals surface area contributed by atoms with Crippen LogP contribution in [0.25, 0.3) is 0 Å². The lowest BCUT2D eigenvalue weighted by atomic mass is 9.87. The third-order valence-electron chi connectivity index (χ3n) is 4.85. The third-order valence-corrected chi connectivity index (χ3v) is 4.85. The zero-order chi connectivity index (χ0) is 15.9. The molecule has 0 amide bonds. The standard InChI is InChI=1S/C21H28N2/c1-2-22-15-8-16-23(20-11-4-3-5-12-20)21-14-13-18-9-6-7-10-19(18)17-21/h3-7,9-12,21-22H,2,8,13-17H2,1H3. The lowest BCUT2D eigenvalue weighted by molar-refractivity contribution is 0.509. The molecule has 0 spiro atoms. The van der Waals surface area contributed by atoms with Crippen molar-refractivity contribution in [1.29, 1.82) is 0 Å². The fraction of sp³-hybridized carbons (Fsp3) is 0.429. The summed E-state index contributed by atoms with van der Waals surface area (Å²) in [7, 11) is 0. The van der Waals surface area contributed by atoms with Crippen LogP contribution in [0.2, 0.25) is 0 Å². The molecule has 122 valence electrons. The van der Waals surface area contributed by atoms with Crippen molar-refractivity contribution in [2.45, 2.75) is 38.6 Å². The Bertz CT molecular complexity index is 594. The van der Waals surface area contributed by atoms with E-state index in [4.69, 9.17) is 0 Å². The minimum Gasteiger partial charge on any atom is -0.368 e. The largest absolute Gasteiger partial charge is 0.368 e. The van der Waals surface area contributed by atoms with E-state index in [1.807, 2.05) is 0 Å². The van der Waals surface area contributed by atoms with Gasteiger partial charge >= 0.3 is 0 Å². The number of aryl methyl sites for hydroxylation is 1. The molecule has 0 saturated carbocycles. The van der Waals surface area contributed by atoms with E-state index < -0.39 is 0 Å². The van der Waals surface area contributed by atoms with Gasteiger partial charge in [0.1, 0.15) is 0 Å². The number of rotatable bonds is 7. The summed E-state index contributed by atoms with van der Waals surface area (Å²) < 4.78 is 0. The quantitative estimate of drug-likeness (QED) is 0.776. The maximum atomic E-state index is 3.45. The van der Waals surface area contributed by atoms with E-state index in [0.717, 1.165) is 19.6 Å². The van der Waals surface area contributed by atoms with Gasteiger partial charge in [-0.3, -0.25) is 0 Å². The van der Waals surface area contributed by atoms with E-state index in [9.17, 15) is 0 Å². The molecule has 0 aliphatic heterocycles. The van der Waals surface area contributed by atoms with Crippen LogP contribution in [0.5, 0.6) is 0 Å². The minimum atomic E-state index is 0.619. The van der Waals surface area contributed by atoms with E-state index in [1.165, 1.54) is 36.9 Å². The zero-order valence-electron chi connectivity index (χ0n) is 14.2. The second-order valence-corrected chi connectivity index (χ2v) is 6.40. The van der Waals surface area contributed by atoms with Crippen molar-refractivity contribution in [1.82, 2.24) is 5.32 Å². The summed E-state index contributed by atoms with van der Waals surface area (Å²) in [4.78, 5) is 2.63. The van der Waals surface area contributed by atoms with Gasteiger partial charge in [0.05, 0.1) is 0 Å². The molecule has 23 heavy (non-hydrogen) atoms. The highest BCUT2D eigenvalue weighted by molar-refractivity contribution is 5.48. The van der Waals surface area contributed by atoms with E-state index in [-0.39, 0.29) is 0 Å². The van der Waals surface area contributed by atoms with Gasteiger partial charge in [-0.1, -0.05) is 49.4 Å². The molecule has 1 aliphatic rings. The van der Waals surface area contributed by atoms with Gasteiger partial charge in [-0.05, 0) is 62.0 Å². The first-order valence-electron chi connectivity index (χ1n) is 8.97. The van der Waals surface area contributed by atoms with Gasteiger partial charge in [-0.15, -0.1) is 0 Å². The van der Waals surface area contributed by atoms with Gasteiger partial charge in [0.2, 0.25) is 0 Å². The monoisotopic (exact) mass is 308 g/mol. The highest BCUT2D eigenvalue weighted by Crippen LogP contribution is 2.28. The molecule has 0 bridgehead atoms. The van der Waals surface area contributed by atoms with Gasteiger partial charge in [0, 0.05) is 18.3 Å². The van der Waals surface area contributed by atoms with Gasteiger partial charge < -0.3 is 10.2 Å². The van der Waals surface area contributed by atoms with E-state index in [1.54, 1.807) is 5.56 Å². The number of nitrogens with one attached hydrogen (secondary N) is 1. The fourth-order valence-corrected chi connectivity index (χ4v) is 3.64. The molecule has 0 aromatic heterocycles. The molecule has 1 unspecified atom stereocenters. The summed E-state index contributed by atoms with van der Waals surface area (Å²) in [5.74, 6) is 0. The first kappa shape index (κ1) is 16.1. The van der Waals surface area contributed by atoms with Crippen molar-refractivity contribution in [3.05, 3.63) is 65.7 Å². The van der Waals surface area contributed by atoms with Gasteiger partial charge in [0.15, 0.2) is 0 Å². The topological polar surface area (TPSA) is 15.3 Å². The maximum Gasteiger partial charge on any atom is 0.0368 e. The predicted octanol–water partition coefficient (Wildman–Crippen LogP) is 4.05. The van der Waals surface area contributed by atoms with Crippen LogP contribution in [-0.4, -0.2) is 25.7 Å². The molecule has 0 saturated heterocycles. The lowest BCUT2D eigenvalue weighted by Gasteiger charge is -2.37. The van der Waals surface area contributed by atoms with Gasteiger partial charge in [-0.2, -0.15) is 0 Å². The average Bonchev–Trinajstić information content (AvgIpc) is 2.62. The van der Waals surface area contributed by atoms with Crippen LogP contribution in [-0.2, 0) is 12.8 Å². The fourth-order valence-electron chi connectivity index (χ4n) is 3.64. The van der Waals surface area contributed by atoms with E-state index in [0.29, 0.717) is 6.04 Å². The molecule has 0 fully saturated rings. The van der Waals surface area contributed by atoms with Crippen LogP contribution in [0, 0.1) is 0 Å². The van der Waals surface area contributed by atoms with E-state index in [2.05, 4.69) is 71.7 Å². The Balaban J connectivity index is 1.73. The van der Waals surface area contributed by atoms with Crippen molar-refractivity contribution < 1.29 is 0 Å². The van der Waals surface area contributed by atoms with Crippen LogP contribution in [0.1, 0.15) is 30.9 Å². The van der Waals surface area contributed by atoms with Crippen molar-refractivity contribution in [2.75, 3.05) is 24.5 Å². The summed E-state index contributed by atoms with van der Waals surface area (Å²) in [6.45, 7) is 5.46. The molecule has 2 aromatic carbocycles. The minimum absolute atomic E-state index is 0.619. The van der Waals surface area contributed by atoms with E-state index >= 15 is 0 Å². The Labute approximate surface area is 140 Å². The Morgan fingerprint density at radius 2 is 1.74 bits per heavy atom. The summed E-state index contributed by atoms with van der Waals surface area (Å²) in [6, 6.07) is 20.5. The number of anilines is 1. The Hall–Kier alpha value is -1.80. The molecule has 2 heteroatoms. The first-order chi connectivity index (χ1) is 11.4. The zero-order valence-corrected chi connectivity index (χ0v) is 14.2. The molecule has 1 aliphatic carbocycles. The van der Waals surface area contributed by atoms with Crippen LogP contribution in [0.4, 0.5) is 5.69 Å². The molecule has 3 rings (SSSR count). The van der Waals surface area contributed by atoms with Crippen LogP contribution in [0.3, 0.4) is 0 Å². The average molecular weight is 308 g/mol. The number of para-hydroxylation sites is 1. The highest BCUT2D eigenvalue weighted by Gasteiger charge is 2.24. The molecule has 2 nitrogen and oxygen atoms in total. The van der Waals surface area contributed by atoms with Crippen LogP contribution >= 0.6 is 0 Å². The number of nitrogens with zero attached hydrogens (tertiary/aromatic N) is 1. The van der Waals surface area contributed by atoms with Crippen molar-refractivity contribution in [3.63, 3.8) is 0 Å². The van der Waals surface area contributed by atoms with Gasteiger partial charge in [-0.25, -0.2) is 0 Å². The normalized spacial score (nSPS) is 16.8. The summed E-state index contributed by atoms with van der Waals surface area (Å²) in [6.07, 6.45) is 4.83. The van der Waals surface area contributed by atoms with Gasteiger partial charge in [0.25, 0.3) is 0 Å². The predicted molar refractivity (Wildman–Crippen MR) is 99.2 cm³/mol. The summed E-state index contributed by atoms with van der Waals surface area (Å²) in [5.41, 5.74) is 4.45. The second kappa shape index (κ2) is 8.16. The van der Waals surface area contributed by atoms with Crippen LogP contribution in [0.15, 0.2) is 54.6 Å². The molecule has 0 radical (unpaired) electrons. The van der Waals surface area contributed by atoms with Crippen molar-refractivity contribution in [2.24, 2.45) is 0 Å². The molecular weight excluding hydrogens is 280 g/mol. The smallest absolute Gasteiger partial charge is 0.0368 e. The molecule has 1 N–H and O–H groups in total. The molecular formula is C21H28N2. The Morgan fingerprint density at radius 1 is 1.00 bits per heavy atom. The number of hydrogen-bond donors (Lipinski definition) is 1. The lowest BCUT2D eigenvalue weighted by Crippen LogP contribution is -2.41. The van der Waals surface area contributed by atoms with Crippen LogP contribution < -0.4 is 10.2 Å². The Kier molecular flexibility index (Phi) is 5.71. The Morgan fingerprint density at radius 3 is 2.52 bits per heavy atom. The van der Waals surface area contributed by atoms with Crippen molar-refractivity contribution >= 4 is 5.69 Å². The summed E-state index contributed by atoms with van der Waals surface area (Å²) in [5, 5.41) is 3.45. The second-order valence-electron chi connectivity index (χ2n) is 6.40. The highest BCUT2D eigenvalue weighted by atomic mass is 15.2. The first-order valence-corrected chi connectivity index (χ1v) is 8.97. The number of benzene rings is 2. The van der Waals surface area contributed by atoms with Crippen molar-refractivity contribution in [3.8, 4) is 0 Å².